The highest BCUT2D eigenvalue weighted by Gasteiger charge is 2.19. The van der Waals surface area contributed by atoms with Crippen molar-refractivity contribution < 1.29 is 0 Å². The minimum absolute atomic E-state index is 0.120. The predicted molar refractivity (Wildman–Crippen MR) is 38.7 cm³/mol. The standard InChI is InChI=1S/C8H12N2/c1-6(2)8(5-10)7(3)4-9/h6-8H,1-3H3/t7-,8-/m1/s1. The molecule has 0 aromatic rings. The Hall–Kier alpha value is -1.02. The van der Waals surface area contributed by atoms with Gasteiger partial charge in [-0.2, -0.15) is 10.5 Å². The summed E-state index contributed by atoms with van der Waals surface area (Å²) in [5.41, 5.74) is 0. The molecule has 2 atom stereocenters. The summed E-state index contributed by atoms with van der Waals surface area (Å²) in [6.45, 7) is 5.71. The van der Waals surface area contributed by atoms with Crippen LogP contribution in [-0.4, -0.2) is 0 Å². The van der Waals surface area contributed by atoms with Gasteiger partial charge in [0.2, 0.25) is 0 Å². The molecule has 0 aromatic carbocycles. The van der Waals surface area contributed by atoms with E-state index in [1.165, 1.54) is 0 Å². The van der Waals surface area contributed by atoms with E-state index < -0.39 is 0 Å². The first-order valence-electron chi connectivity index (χ1n) is 3.42. The minimum atomic E-state index is -0.148. The van der Waals surface area contributed by atoms with Gasteiger partial charge in [0.25, 0.3) is 0 Å². The first kappa shape index (κ1) is 8.98. The van der Waals surface area contributed by atoms with Crippen LogP contribution in [0.1, 0.15) is 20.8 Å². The molecule has 0 fully saturated rings. The Morgan fingerprint density at radius 3 is 1.60 bits per heavy atom. The fraction of sp³-hybridized carbons (Fsp3) is 0.750. The highest BCUT2D eigenvalue weighted by atomic mass is 14.3. The molecule has 0 radical (unpaired) electrons. The number of nitrogens with zero attached hydrogens (tertiary/aromatic N) is 2. The molecule has 0 heterocycles. The summed E-state index contributed by atoms with van der Waals surface area (Å²) < 4.78 is 0. The Morgan fingerprint density at radius 1 is 1.00 bits per heavy atom. The van der Waals surface area contributed by atoms with E-state index in [2.05, 4.69) is 12.1 Å². The molecule has 2 heteroatoms. The number of nitriles is 2. The molecule has 0 spiro atoms. The monoisotopic (exact) mass is 136 g/mol. The van der Waals surface area contributed by atoms with Crippen LogP contribution >= 0.6 is 0 Å². The maximum atomic E-state index is 8.60. The SMILES string of the molecule is CC(C)[C@@H](C#N)[C@H](C)C#N. The molecular weight excluding hydrogens is 124 g/mol. The van der Waals surface area contributed by atoms with Crippen LogP contribution in [0.2, 0.25) is 0 Å². The molecule has 0 aliphatic heterocycles. The quantitative estimate of drug-likeness (QED) is 0.582. The van der Waals surface area contributed by atoms with E-state index in [0.717, 1.165) is 0 Å². The lowest BCUT2D eigenvalue weighted by atomic mass is 9.87. The van der Waals surface area contributed by atoms with Crippen molar-refractivity contribution >= 4 is 0 Å². The molecule has 0 amide bonds. The normalized spacial score (nSPS) is 15.4. The van der Waals surface area contributed by atoms with Gasteiger partial charge in [0, 0.05) is 0 Å². The van der Waals surface area contributed by atoms with E-state index in [4.69, 9.17) is 10.5 Å². The summed E-state index contributed by atoms with van der Waals surface area (Å²) in [5.74, 6) is 0.00894. The molecule has 0 bridgehead atoms. The zero-order valence-corrected chi connectivity index (χ0v) is 6.63. The van der Waals surface area contributed by atoms with Crippen LogP contribution in [0.3, 0.4) is 0 Å². The van der Waals surface area contributed by atoms with Crippen LogP contribution in [0.25, 0.3) is 0 Å². The second-order valence-electron chi connectivity index (χ2n) is 2.82. The first-order valence-corrected chi connectivity index (χ1v) is 3.42. The van der Waals surface area contributed by atoms with E-state index in [9.17, 15) is 0 Å². The smallest absolute Gasteiger partial charge is 0.0672 e. The lowest BCUT2D eigenvalue weighted by molar-refractivity contribution is 0.401. The van der Waals surface area contributed by atoms with Crippen molar-refractivity contribution in [1.82, 2.24) is 0 Å². The van der Waals surface area contributed by atoms with E-state index in [-0.39, 0.29) is 17.8 Å². The molecule has 0 aromatic heterocycles. The summed E-state index contributed by atoms with van der Waals surface area (Å²) in [4.78, 5) is 0. The molecule has 0 saturated carbocycles. The Labute approximate surface area is 62.1 Å². The lowest BCUT2D eigenvalue weighted by Gasteiger charge is -2.13. The topological polar surface area (TPSA) is 47.6 Å². The molecule has 2 nitrogen and oxygen atoms in total. The van der Waals surface area contributed by atoms with Gasteiger partial charge >= 0.3 is 0 Å². The van der Waals surface area contributed by atoms with Gasteiger partial charge < -0.3 is 0 Å². The molecule has 10 heavy (non-hydrogen) atoms. The Kier molecular flexibility index (Phi) is 3.51. The van der Waals surface area contributed by atoms with Crippen LogP contribution in [0, 0.1) is 40.4 Å². The van der Waals surface area contributed by atoms with Crippen molar-refractivity contribution in [3.63, 3.8) is 0 Å². The van der Waals surface area contributed by atoms with Gasteiger partial charge in [-0.1, -0.05) is 13.8 Å². The zero-order valence-electron chi connectivity index (χ0n) is 6.63. The van der Waals surface area contributed by atoms with E-state index in [1.807, 2.05) is 13.8 Å². The average Bonchev–Trinajstić information content (AvgIpc) is 1.88. The fourth-order valence-electron chi connectivity index (χ4n) is 0.919. The van der Waals surface area contributed by atoms with Gasteiger partial charge in [-0.05, 0) is 12.8 Å². The third-order valence-corrected chi connectivity index (χ3v) is 1.61. The van der Waals surface area contributed by atoms with Crippen molar-refractivity contribution in [2.45, 2.75) is 20.8 Å². The first-order chi connectivity index (χ1) is 4.63. The third-order valence-electron chi connectivity index (χ3n) is 1.61. The van der Waals surface area contributed by atoms with E-state index >= 15 is 0 Å². The van der Waals surface area contributed by atoms with Crippen LogP contribution < -0.4 is 0 Å². The Balaban J connectivity index is 4.14. The van der Waals surface area contributed by atoms with Crippen molar-refractivity contribution in [2.24, 2.45) is 17.8 Å². The summed E-state index contributed by atoms with van der Waals surface area (Å²) >= 11 is 0. The van der Waals surface area contributed by atoms with Crippen LogP contribution in [0.5, 0.6) is 0 Å². The van der Waals surface area contributed by atoms with Crippen molar-refractivity contribution in [3.8, 4) is 12.1 Å². The third kappa shape index (κ3) is 2.07. The van der Waals surface area contributed by atoms with Gasteiger partial charge in [0.1, 0.15) is 0 Å². The molecule has 0 saturated heterocycles. The van der Waals surface area contributed by atoms with Gasteiger partial charge in [0.15, 0.2) is 0 Å². The van der Waals surface area contributed by atoms with Gasteiger partial charge in [-0.3, -0.25) is 0 Å². The van der Waals surface area contributed by atoms with Gasteiger partial charge in [-0.15, -0.1) is 0 Å². The van der Waals surface area contributed by atoms with Crippen LogP contribution in [0.4, 0.5) is 0 Å². The highest BCUT2D eigenvalue weighted by Crippen LogP contribution is 2.18. The summed E-state index contributed by atoms with van der Waals surface area (Å²) in [6, 6.07) is 4.20. The summed E-state index contributed by atoms with van der Waals surface area (Å²) in [7, 11) is 0. The zero-order chi connectivity index (χ0) is 8.15. The van der Waals surface area contributed by atoms with E-state index in [0.29, 0.717) is 0 Å². The largest absolute Gasteiger partial charge is 0.198 e. The lowest BCUT2D eigenvalue weighted by Crippen LogP contribution is -2.14. The van der Waals surface area contributed by atoms with Crippen LogP contribution in [0.15, 0.2) is 0 Å². The molecule has 54 valence electrons. The molecular formula is C8H12N2. The number of rotatable bonds is 2. The molecule has 0 unspecified atom stereocenters. The Bertz CT molecular complexity index is 171. The maximum Gasteiger partial charge on any atom is 0.0672 e. The molecule has 0 rings (SSSR count). The maximum absolute atomic E-state index is 8.60. The van der Waals surface area contributed by atoms with Gasteiger partial charge in [0.05, 0.1) is 24.0 Å². The van der Waals surface area contributed by atoms with Crippen LogP contribution in [-0.2, 0) is 0 Å². The van der Waals surface area contributed by atoms with Crippen molar-refractivity contribution in [3.05, 3.63) is 0 Å². The molecule has 0 aliphatic rings. The highest BCUT2D eigenvalue weighted by molar-refractivity contribution is 4.97. The van der Waals surface area contributed by atoms with Crippen molar-refractivity contribution in [2.75, 3.05) is 0 Å². The number of hydrogen-bond donors (Lipinski definition) is 0. The second-order valence-corrected chi connectivity index (χ2v) is 2.82. The van der Waals surface area contributed by atoms with Crippen molar-refractivity contribution in [1.29, 1.82) is 10.5 Å². The predicted octanol–water partition coefficient (Wildman–Crippen LogP) is 1.94. The minimum Gasteiger partial charge on any atom is -0.198 e. The summed E-state index contributed by atoms with van der Waals surface area (Å²) in [5, 5.41) is 17.1. The average molecular weight is 136 g/mol. The fourth-order valence-corrected chi connectivity index (χ4v) is 0.919. The van der Waals surface area contributed by atoms with E-state index in [1.54, 1.807) is 6.92 Å². The van der Waals surface area contributed by atoms with Gasteiger partial charge in [-0.25, -0.2) is 0 Å². The summed E-state index contributed by atoms with van der Waals surface area (Å²) in [6.07, 6.45) is 0. The second kappa shape index (κ2) is 3.90. The Morgan fingerprint density at radius 2 is 1.50 bits per heavy atom. The molecule has 0 aliphatic carbocycles. The number of hydrogen-bond acceptors (Lipinski definition) is 2. The molecule has 0 N–H and O–H groups in total.